The molecule has 0 unspecified atom stereocenters. The predicted octanol–water partition coefficient (Wildman–Crippen LogP) is 1.93. The van der Waals surface area contributed by atoms with Gasteiger partial charge in [0.15, 0.2) is 0 Å². The quantitative estimate of drug-likeness (QED) is 0.346. The van der Waals surface area contributed by atoms with Crippen LogP contribution < -0.4 is 5.73 Å². The van der Waals surface area contributed by atoms with Crippen molar-refractivity contribution in [2.75, 3.05) is 5.73 Å². The van der Waals surface area contributed by atoms with Gasteiger partial charge in [0.25, 0.3) is 0 Å². The molecule has 0 heterocycles. The van der Waals surface area contributed by atoms with Gasteiger partial charge in [0, 0.05) is 11.1 Å². The molecule has 2 N–H and O–H groups in total. The second-order valence-corrected chi connectivity index (χ2v) is 2.97. The van der Waals surface area contributed by atoms with E-state index in [9.17, 15) is 0 Å². The summed E-state index contributed by atoms with van der Waals surface area (Å²) in [5.41, 5.74) is 8.51. The molecule has 1 aromatic rings. The maximum absolute atomic E-state index is 5.81. The molecule has 0 atom stereocenters. The lowest BCUT2D eigenvalue weighted by molar-refractivity contribution is 1.52. The number of rotatable bonds is 0. The van der Waals surface area contributed by atoms with E-state index in [1.807, 2.05) is 6.07 Å². The molecule has 0 aliphatic heterocycles. The lowest BCUT2D eigenvalue weighted by Gasteiger charge is -2.04. The van der Waals surface area contributed by atoms with E-state index in [0.29, 0.717) is 11.3 Å². The van der Waals surface area contributed by atoms with E-state index in [1.165, 1.54) is 0 Å². The first-order chi connectivity index (χ1) is 6.70. The summed E-state index contributed by atoms with van der Waals surface area (Å²) in [6.45, 7) is 3.83. The molecule has 1 rings (SSSR count). The molecule has 0 fully saturated rings. The molecule has 1 radical (unpaired) electrons. The van der Waals surface area contributed by atoms with Crippen LogP contribution in [0.5, 0.6) is 0 Å². The minimum atomic E-state index is 0.542. The molecule has 0 aromatic heterocycles. The van der Waals surface area contributed by atoms with Crippen molar-refractivity contribution >= 4 is 30.9 Å². The van der Waals surface area contributed by atoms with Crippen molar-refractivity contribution in [1.82, 2.24) is 0 Å². The molecular formula is C11H8NS2. The second-order valence-electron chi connectivity index (χ2n) is 2.53. The SMILES string of the molecule is [CH2]c1c(C#CS)ccc(C#CS)c1N. The Morgan fingerprint density at radius 1 is 1.07 bits per heavy atom. The van der Waals surface area contributed by atoms with Crippen LogP contribution in [0.4, 0.5) is 5.69 Å². The Hall–Kier alpha value is -1.16. The van der Waals surface area contributed by atoms with Crippen molar-refractivity contribution in [1.29, 1.82) is 0 Å². The molecule has 0 spiro atoms. The Kier molecular flexibility index (Phi) is 3.83. The third-order valence-electron chi connectivity index (χ3n) is 1.74. The van der Waals surface area contributed by atoms with Crippen molar-refractivity contribution < 1.29 is 0 Å². The summed E-state index contributed by atoms with van der Waals surface area (Å²) in [6.07, 6.45) is 0. The van der Waals surface area contributed by atoms with Crippen molar-refractivity contribution in [3.8, 4) is 22.3 Å². The third kappa shape index (κ3) is 2.20. The van der Waals surface area contributed by atoms with Crippen molar-refractivity contribution in [3.05, 3.63) is 35.7 Å². The normalized spacial score (nSPS) is 8.21. The van der Waals surface area contributed by atoms with Gasteiger partial charge in [0.05, 0.1) is 5.69 Å². The molecule has 0 aliphatic carbocycles. The number of benzene rings is 1. The first-order valence-electron chi connectivity index (χ1n) is 3.75. The van der Waals surface area contributed by atoms with Gasteiger partial charge >= 0.3 is 0 Å². The molecule has 0 bridgehead atoms. The molecule has 0 aliphatic rings. The van der Waals surface area contributed by atoms with Crippen LogP contribution in [0.1, 0.15) is 16.7 Å². The number of anilines is 1. The van der Waals surface area contributed by atoms with Gasteiger partial charge in [-0.2, -0.15) is 0 Å². The molecule has 0 saturated heterocycles. The fraction of sp³-hybridized carbons (Fsp3) is 0. The van der Waals surface area contributed by atoms with Crippen LogP contribution in [-0.4, -0.2) is 0 Å². The van der Waals surface area contributed by atoms with Crippen LogP contribution in [0.2, 0.25) is 0 Å². The highest BCUT2D eigenvalue weighted by molar-refractivity contribution is 7.85. The van der Waals surface area contributed by atoms with Gasteiger partial charge < -0.3 is 5.73 Å². The standard InChI is InChI=1S/C11H8NS2/c1-8-9(4-6-13)2-3-10(5-7-14)11(8)12/h2-3,13-14H,1,12H2. The van der Waals surface area contributed by atoms with E-state index in [0.717, 1.165) is 11.1 Å². The van der Waals surface area contributed by atoms with Crippen LogP contribution >= 0.6 is 25.3 Å². The number of hydrogen-bond donors (Lipinski definition) is 3. The summed E-state index contributed by atoms with van der Waals surface area (Å²) >= 11 is 7.61. The lowest BCUT2D eigenvalue weighted by Crippen LogP contribution is -1.96. The van der Waals surface area contributed by atoms with E-state index in [2.05, 4.69) is 54.5 Å². The van der Waals surface area contributed by atoms with Gasteiger partial charge in [-0.3, -0.25) is 0 Å². The van der Waals surface area contributed by atoms with Crippen molar-refractivity contribution in [2.45, 2.75) is 0 Å². The van der Waals surface area contributed by atoms with E-state index in [1.54, 1.807) is 6.07 Å². The van der Waals surface area contributed by atoms with Crippen molar-refractivity contribution in [2.24, 2.45) is 0 Å². The summed E-state index contributed by atoms with van der Waals surface area (Å²) in [6, 6.07) is 3.61. The zero-order valence-corrected chi connectivity index (χ0v) is 9.12. The van der Waals surface area contributed by atoms with Gasteiger partial charge in [0.2, 0.25) is 0 Å². The predicted molar refractivity (Wildman–Crippen MR) is 67.0 cm³/mol. The summed E-state index contributed by atoms with van der Waals surface area (Å²) in [5, 5.41) is 4.99. The summed E-state index contributed by atoms with van der Waals surface area (Å²) in [7, 11) is 0. The minimum Gasteiger partial charge on any atom is -0.397 e. The van der Waals surface area contributed by atoms with Crippen molar-refractivity contribution in [3.63, 3.8) is 0 Å². The van der Waals surface area contributed by atoms with Crippen LogP contribution in [0.25, 0.3) is 0 Å². The second kappa shape index (κ2) is 4.91. The number of hydrogen-bond acceptors (Lipinski definition) is 3. The fourth-order valence-corrected chi connectivity index (χ4v) is 1.25. The van der Waals surface area contributed by atoms with Gasteiger partial charge in [-0.1, -0.05) is 37.1 Å². The number of thiol groups is 2. The maximum Gasteiger partial charge on any atom is 0.0518 e. The fourth-order valence-electron chi connectivity index (χ4n) is 1.01. The Morgan fingerprint density at radius 2 is 1.57 bits per heavy atom. The zero-order chi connectivity index (χ0) is 10.6. The summed E-state index contributed by atoms with van der Waals surface area (Å²) in [5.74, 6) is 5.56. The first-order valence-corrected chi connectivity index (χ1v) is 4.64. The topological polar surface area (TPSA) is 26.0 Å². The average Bonchev–Trinajstić information content (AvgIpc) is 2.18. The molecule has 0 amide bonds. The van der Waals surface area contributed by atoms with E-state index < -0.39 is 0 Å². The Bertz CT molecular complexity index is 425. The molecule has 0 saturated carbocycles. The molecule has 3 heteroatoms. The highest BCUT2D eigenvalue weighted by Crippen LogP contribution is 2.19. The molecule has 69 valence electrons. The molecule has 1 aromatic carbocycles. The first kappa shape index (κ1) is 10.9. The molecular weight excluding hydrogens is 210 g/mol. The Labute approximate surface area is 94.9 Å². The molecule has 14 heavy (non-hydrogen) atoms. The smallest absolute Gasteiger partial charge is 0.0518 e. The van der Waals surface area contributed by atoms with Gasteiger partial charge in [-0.25, -0.2) is 0 Å². The summed E-state index contributed by atoms with van der Waals surface area (Å²) in [4.78, 5) is 0. The molecule has 1 nitrogen and oxygen atoms in total. The number of nitrogens with two attached hydrogens (primary N) is 1. The highest BCUT2D eigenvalue weighted by atomic mass is 32.1. The minimum absolute atomic E-state index is 0.542. The van der Waals surface area contributed by atoms with Gasteiger partial charge in [0.1, 0.15) is 0 Å². The Balaban J connectivity index is 3.35. The van der Waals surface area contributed by atoms with E-state index in [-0.39, 0.29) is 0 Å². The average molecular weight is 218 g/mol. The van der Waals surface area contributed by atoms with Crippen LogP contribution in [0.15, 0.2) is 12.1 Å². The van der Waals surface area contributed by atoms with E-state index >= 15 is 0 Å². The largest absolute Gasteiger partial charge is 0.397 e. The number of nitrogen functional groups attached to an aromatic ring is 1. The lowest BCUT2D eigenvalue weighted by atomic mass is 10.0. The monoisotopic (exact) mass is 218 g/mol. The van der Waals surface area contributed by atoms with Crippen LogP contribution in [-0.2, 0) is 0 Å². The summed E-state index contributed by atoms with van der Waals surface area (Å²) < 4.78 is 0. The van der Waals surface area contributed by atoms with Gasteiger partial charge in [-0.15, -0.1) is 0 Å². The maximum atomic E-state index is 5.81. The van der Waals surface area contributed by atoms with E-state index in [4.69, 9.17) is 5.73 Å². The van der Waals surface area contributed by atoms with Crippen LogP contribution in [0, 0.1) is 29.3 Å². The van der Waals surface area contributed by atoms with Gasteiger partial charge in [-0.05, 0) is 35.1 Å². The third-order valence-corrected chi connectivity index (χ3v) is 1.96. The Morgan fingerprint density at radius 3 is 2.14 bits per heavy atom. The highest BCUT2D eigenvalue weighted by Gasteiger charge is 2.03. The zero-order valence-electron chi connectivity index (χ0n) is 7.33. The van der Waals surface area contributed by atoms with Crippen LogP contribution in [0.3, 0.4) is 0 Å².